The van der Waals surface area contributed by atoms with Crippen molar-refractivity contribution in [2.45, 2.75) is 12.7 Å². The molecule has 0 radical (unpaired) electrons. The number of anilines is 1. The molecule has 1 heterocycles. The smallest absolute Gasteiger partial charge is 0.364 e. The zero-order valence-electron chi connectivity index (χ0n) is 10.0. The lowest BCUT2D eigenvalue weighted by Crippen LogP contribution is -2.06. The van der Waals surface area contributed by atoms with Crippen LogP contribution >= 0.6 is 0 Å². The molecule has 0 bridgehead atoms. The van der Waals surface area contributed by atoms with E-state index in [0.29, 0.717) is 11.6 Å². The SMILES string of the molecule is Fc1cnc(NCc2ccc(C(F)(F)F)cc2)c(F)c1. The van der Waals surface area contributed by atoms with Crippen LogP contribution in [-0.4, -0.2) is 4.98 Å². The highest BCUT2D eigenvalue weighted by atomic mass is 19.4. The van der Waals surface area contributed by atoms with Gasteiger partial charge in [0.1, 0.15) is 5.82 Å². The molecule has 0 spiro atoms. The average molecular weight is 288 g/mol. The van der Waals surface area contributed by atoms with Crippen LogP contribution in [0.5, 0.6) is 0 Å². The number of nitrogens with zero attached hydrogens (tertiary/aromatic N) is 1. The molecule has 0 aliphatic carbocycles. The van der Waals surface area contributed by atoms with Crippen LogP contribution in [0.2, 0.25) is 0 Å². The summed E-state index contributed by atoms with van der Waals surface area (Å²) in [6.45, 7) is 0.0771. The first kappa shape index (κ1) is 14.2. The lowest BCUT2D eigenvalue weighted by molar-refractivity contribution is -0.137. The summed E-state index contributed by atoms with van der Waals surface area (Å²) in [5, 5.41) is 2.58. The summed E-state index contributed by atoms with van der Waals surface area (Å²) < 4.78 is 62.9. The van der Waals surface area contributed by atoms with E-state index in [1.807, 2.05) is 0 Å². The van der Waals surface area contributed by atoms with Crippen LogP contribution in [0, 0.1) is 11.6 Å². The molecule has 106 valence electrons. The molecule has 0 atom stereocenters. The number of nitrogens with one attached hydrogen (secondary N) is 1. The zero-order valence-corrected chi connectivity index (χ0v) is 10.0. The molecule has 0 fully saturated rings. The normalized spacial score (nSPS) is 11.4. The van der Waals surface area contributed by atoms with Crippen molar-refractivity contribution in [2.24, 2.45) is 0 Å². The predicted molar refractivity (Wildman–Crippen MR) is 62.9 cm³/mol. The van der Waals surface area contributed by atoms with Crippen LogP contribution in [-0.2, 0) is 12.7 Å². The van der Waals surface area contributed by atoms with Gasteiger partial charge in [-0.2, -0.15) is 13.2 Å². The van der Waals surface area contributed by atoms with Gasteiger partial charge >= 0.3 is 6.18 Å². The zero-order chi connectivity index (χ0) is 14.8. The van der Waals surface area contributed by atoms with Gasteiger partial charge in [0, 0.05) is 12.6 Å². The predicted octanol–water partition coefficient (Wildman–Crippen LogP) is 3.99. The maximum absolute atomic E-state index is 13.3. The van der Waals surface area contributed by atoms with E-state index in [1.54, 1.807) is 0 Å². The van der Waals surface area contributed by atoms with Gasteiger partial charge in [-0.05, 0) is 17.7 Å². The number of hydrogen-bond donors (Lipinski definition) is 1. The molecule has 0 saturated carbocycles. The number of aromatic nitrogens is 1. The number of pyridine rings is 1. The molecular weight excluding hydrogens is 279 g/mol. The Hall–Kier alpha value is -2.18. The highest BCUT2D eigenvalue weighted by molar-refractivity contribution is 5.37. The van der Waals surface area contributed by atoms with Crippen molar-refractivity contribution in [3.63, 3.8) is 0 Å². The minimum atomic E-state index is -4.39. The third kappa shape index (κ3) is 3.43. The summed E-state index contributed by atoms with van der Waals surface area (Å²) in [5.74, 6) is -1.83. The molecule has 0 saturated heterocycles. The minimum absolute atomic E-state index is 0.0771. The van der Waals surface area contributed by atoms with Crippen molar-refractivity contribution in [1.82, 2.24) is 4.98 Å². The number of hydrogen-bond acceptors (Lipinski definition) is 2. The fourth-order valence-corrected chi connectivity index (χ4v) is 1.54. The van der Waals surface area contributed by atoms with E-state index in [4.69, 9.17) is 0 Å². The van der Waals surface area contributed by atoms with E-state index < -0.39 is 23.4 Å². The second kappa shape index (κ2) is 5.44. The lowest BCUT2D eigenvalue weighted by atomic mass is 10.1. The van der Waals surface area contributed by atoms with Crippen LogP contribution in [0.15, 0.2) is 36.5 Å². The van der Waals surface area contributed by atoms with E-state index in [-0.39, 0.29) is 12.4 Å². The van der Waals surface area contributed by atoms with Gasteiger partial charge in [-0.15, -0.1) is 0 Å². The van der Waals surface area contributed by atoms with Crippen LogP contribution in [0.25, 0.3) is 0 Å². The Bertz CT molecular complexity index is 593. The van der Waals surface area contributed by atoms with Crippen LogP contribution < -0.4 is 5.32 Å². The first-order valence-electron chi connectivity index (χ1n) is 5.57. The molecule has 1 N–H and O–H groups in total. The first-order chi connectivity index (χ1) is 9.36. The highest BCUT2D eigenvalue weighted by Gasteiger charge is 2.29. The molecule has 2 aromatic rings. The fraction of sp³-hybridized carbons (Fsp3) is 0.154. The Morgan fingerprint density at radius 1 is 1.05 bits per heavy atom. The summed E-state index contributed by atoms with van der Waals surface area (Å²) in [5.41, 5.74) is -0.240. The third-order valence-electron chi connectivity index (χ3n) is 2.55. The van der Waals surface area contributed by atoms with E-state index in [0.717, 1.165) is 18.3 Å². The summed E-state index contributed by atoms with van der Waals surface area (Å²) >= 11 is 0. The van der Waals surface area contributed by atoms with Gasteiger partial charge in [0.2, 0.25) is 0 Å². The van der Waals surface area contributed by atoms with Gasteiger partial charge in [0.15, 0.2) is 11.6 Å². The van der Waals surface area contributed by atoms with Crippen molar-refractivity contribution in [3.8, 4) is 0 Å². The van der Waals surface area contributed by atoms with Gasteiger partial charge < -0.3 is 5.32 Å². The van der Waals surface area contributed by atoms with Gasteiger partial charge in [-0.25, -0.2) is 13.8 Å². The maximum atomic E-state index is 13.3. The minimum Gasteiger partial charge on any atom is -0.364 e. The first-order valence-corrected chi connectivity index (χ1v) is 5.57. The van der Waals surface area contributed by atoms with Crippen molar-refractivity contribution >= 4 is 5.82 Å². The number of benzene rings is 1. The Balaban J connectivity index is 2.04. The van der Waals surface area contributed by atoms with E-state index in [9.17, 15) is 22.0 Å². The maximum Gasteiger partial charge on any atom is 0.416 e. The average Bonchev–Trinajstić information content (AvgIpc) is 2.37. The number of alkyl halides is 3. The van der Waals surface area contributed by atoms with Crippen molar-refractivity contribution in [1.29, 1.82) is 0 Å². The monoisotopic (exact) mass is 288 g/mol. The summed E-state index contributed by atoms with van der Waals surface area (Å²) in [4.78, 5) is 3.51. The standard InChI is InChI=1S/C13H9F5N2/c14-10-5-11(15)12(20-7-10)19-6-8-1-3-9(4-2-8)13(16,17)18/h1-5,7H,6H2,(H,19,20). The summed E-state index contributed by atoms with van der Waals surface area (Å²) in [6, 6.07) is 5.09. The quantitative estimate of drug-likeness (QED) is 0.864. The van der Waals surface area contributed by atoms with E-state index >= 15 is 0 Å². The number of halogens is 5. The molecule has 1 aromatic heterocycles. The second-order valence-corrected chi connectivity index (χ2v) is 4.03. The van der Waals surface area contributed by atoms with E-state index in [1.165, 1.54) is 12.1 Å². The van der Waals surface area contributed by atoms with Crippen molar-refractivity contribution < 1.29 is 22.0 Å². The highest BCUT2D eigenvalue weighted by Crippen LogP contribution is 2.29. The van der Waals surface area contributed by atoms with Crippen LogP contribution in [0.4, 0.5) is 27.8 Å². The molecular formula is C13H9F5N2. The van der Waals surface area contributed by atoms with Gasteiger partial charge in [-0.1, -0.05) is 12.1 Å². The Kier molecular flexibility index (Phi) is 3.87. The van der Waals surface area contributed by atoms with E-state index in [2.05, 4.69) is 10.3 Å². The van der Waals surface area contributed by atoms with Gasteiger partial charge in [-0.3, -0.25) is 0 Å². The molecule has 7 heteroatoms. The molecule has 20 heavy (non-hydrogen) atoms. The number of rotatable bonds is 3. The van der Waals surface area contributed by atoms with Gasteiger partial charge in [0.25, 0.3) is 0 Å². The summed E-state index contributed by atoms with van der Waals surface area (Å²) in [6.07, 6.45) is -3.55. The second-order valence-electron chi connectivity index (χ2n) is 4.03. The Labute approximate surface area is 111 Å². The topological polar surface area (TPSA) is 24.9 Å². The summed E-state index contributed by atoms with van der Waals surface area (Å²) in [7, 11) is 0. The lowest BCUT2D eigenvalue weighted by Gasteiger charge is -2.09. The fourth-order valence-electron chi connectivity index (χ4n) is 1.54. The molecule has 0 aliphatic heterocycles. The molecule has 2 nitrogen and oxygen atoms in total. The molecule has 0 amide bonds. The van der Waals surface area contributed by atoms with Crippen molar-refractivity contribution in [2.75, 3.05) is 5.32 Å². The largest absolute Gasteiger partial charge is 0.416 e. The van der Waals surface area contributed by atoms with Crippen LogP contribution in [0.1, 0.15) is 11.1 Å². The Morgan fingerprint density at radius 3 is 2.25 bits per heavy atom. The molecule has 0 unspecified atom stereocenters. The van der Waals surface area contributed by atoms with Crippen LogP contribution in [0.3, 0.4) is 0 Å². The molecule has 1 aromatic carbocycles. The van der Waals surface area contributed by atoms with Crippen molar-refractivity contribution in [3.05, 3.63) is 59.3 Å². The third-order valence-corrected chi connectivity index (χ3v) is 2.55. The van der Waals surface area contributed by atoms with Gasteiger partial charge in [0.05, 0.1) is 11.8 Å². The Morgan fingerprint density at radius 2 is 1.70 bits per heavy atom. The molecule has 0 aliphatic rings. The molecule has 2 rings (SSSR count).